The predicted molar refractivity (Wildman–Crippen MR) is 124 cm³/mol. The number of aliphatic hydroxyl groups is 1. The number of hydrogen-bond donors (Lipinski definition) is 3. The quantitative estimate of drug-likeness (QED) is 0.569. The Balaban J connectivity index is 1.79. The monoisotopic (exact) mass is 459 g/mol. The van der Waals surface area contributed by atoms with Gasteiger partial charge in [-0.1, -0.05) is 37.3 Å². The lowest BCUT2D eigenvalue weighted by Crippen LogP contribution is -2.59. The molecule has 0 aromatic heterocycles. The van der Waals surface area contributed by atoms with Crippen molar-refractivity contribution in [2.75, 3.05) is 13.7 Å². The Hall–Kier alpha value is -2.06. The van der Waals surface area contributed by atoms with Crippen LogP contribution in [0.3, 0.4) is 0 Å². The molecule has 3 unspecified atom stereocenters. The smallest absolute Gasteiger partial charge is 0.244 e. The molecule has 7 atom stereocenters. The highest BCUT2D eigenvalue weighted by atomic mass is 32.2. The zero-order valence-corrected chi connectivity index (χ0v) is 19.9. The van der Waals surface area contributed by atoms with Crippen molar-refractivity contribution in [2.45, 2.75) is 61.7 Å². The van der Waals surface area contributed by atoms with Crippen molar-refractivity contribution in [3.63, 3.8) is 0 Å². The molecule has 3 aliphatic rings. The van der Waals surface area contributed by atoms with Crippen molar-refractivity contribution in [1.82, 2.24) is 15.5 Å². The number of fused-ring (bicyclic) bond motifs is 1. The second kappa shape index (κ2) is 8.71. The molecular weight excluding hydrogens is 426 g/mol. The SMILES string of the molecule is CNC(=O)[C@@H]1[C@@H]2CC(C)C3(S2)C(C(=O)NC(C)C)N([C@@H](CO)Cc2ccccc2)C(=O)[C@H]13. The highest BCUT2D eigenvalue weighted by Gasteiger charge is 2.76. The van der Waals surface area contributed by atoms with Crippen LogP contribution in [-0.4, -0.2) is 69.5 Å². The zero-order valence-electron chi connectivity index (χ0n) is 19.1. The van der Waals surface area contributed by atoms with Gasteiger partial charge < -0.3 is 20.6 Å². The van der Waals surface area contributed by atoms with Gasteiger partial charge in [-0.2, -0.15) is 0 Å². The maximum absolute atomic E-state index is 14.0. The third-order valence-corrected chi connectivity index (χ3v) is 9.41. The van der Waals surface area contributed by atoms with Gasteiger partial charge >= 0.3 is 0 Å². The van der Waals surface area contributed by atoms with Crippen molar-refractivity contribution in [3.05, 3.63) is 35.9 Å². The lowest BCUT2D eigenvalue weighted by molar-refractivity contribution is -0.142. The van der Waals surface area contributed by atoms with Crippen LogP contribution in [0.4, 0.5) is 0 Å². The van der Waals surface area contributed by atoms with Crippen LogP contribution in [0.5, 0.6) is 0 Å². The minimum Gasteiger partial charge on any atom is -0.394 e. The van der Waals surface area contributed by atoms with Gasteiger partial charge in [-0.3, -0.25) is 14.4 Å². The van der Waals surface area contributed by atoms with Gasteiger partial charge in [-0.25, -0.2) is 0 Å². The summed E-state index contributed by atoms with van der Waals surface area (Å²) in [5.74, 6) is -1.42. The molecule has 1 aromatic rings. The number of aliphatic hydroxyl groups excluding tert-OH is 1. The molecule has 0 radical (unpaired) electrons. The van der Waals surface area contributed by atoms with Gasteiger partial charge in [0.25, 0.3) is 0 Å². The fourth-order valence-corrected chi connectivity index (χ4v) is 8.53. The predicted octanol–water partition coefficient (Wildman–Crippen LogP) is 1.20. The molecule has 8 heteroatoms. The summed E-state index contributed by atoms with van der Waals surface area (Å²) in [6.07, 6.45) is 1.25. The number of amides is 3. The Kier molecular flexibility index (Phi) is 6.29. The third kappa shape index (κ3) is 3.43. The standard InChI is InChI=1S/C24H33N3O4S/c1-13(2)26-22(30)20-24-14(3)10-17(32-24)18(21(29)25-4)19(24)23(31)27(20)16(12-28)11-15-8-6-5-7-9-15/h5-9,13-14,16-20,28H,10-12H2,1-4H3,(H,25,29)(H,26,30)/t14?,16-,17+,18-,19+,20?,24?/m1/s1. The lowest BCUT2D eigenvalue weighted by atomic mass is 9.66. The van der Waals surface area contributed by atoms with Crippen LogP contribution in [0.25, 0.3) is 0 Å². The molecule has 0 aliphatic carbocycles. The van der Waals surface area contributed by atoms with Crippen LogP contribution in [0.2, 0.25) is 0 Å². The van der Waals surface area contributed by atoms with Crippen LogP contribution in [0.1, 0.15) is 32.8 Å². The zero-order chi connectivity index (χ0) is 23.2. The Labute approximate surface area is 193 Å². The van der Waals surface area contributed by atoms with Crippen LogP contribution in [-0.2, 0) is 20.8 Å². The topological polar surface area (TPSA) is 98.7 Å². The van der Waals surface area contributed by atoms with E-state index in [1.54, 1.807) is 23.7 Å². The van der Waals surface area contributed by atoms with E-state index in [1.807, 2.05) is 44.2 Å². The first-order valence-electron chi connectivity index (χ1n) is 11.4. The molecular formula is C24H33N3O4S. The van der Waals surface area contributed by atoms with Crippen molar-refractivity contribution in [2.24, 2.45) is 17.8 Å². The Morgan fingerprint density at radius 1 is 1.25 bits per heavy atom. The van der Waals surface area contributed by atoms with E-state index in [2.05, 4.69) is 17.6 Å². The Morgan fingerprint density at radius 2 is 1.94 bits per heavy atom. The molecule has 1 aromatic carbocycles. The van der Waals surface area contributed by atoms with E-state index in [-0.39, 0.29) is 41.5 Å². The second-order valence-corrected chi connectivity index (χ2v) is 11.2. The van der Waals surface area contributed by atoms with Crippen molar-refractivity contribution < 1.29 is 19.5 Å². The van der Waals surface area contributed by atoms with E-state index in [4.69, 9.17) is 0 Å². The summed E-state index contributed by atoms with van der Waals surface area (Å²) in [4.78, 5) is 42.0. The molecule has 3 heterocycles. The lowest BCUT2D eigenvalue weighted by Gasteiger charge is -2.40. The average Bonchev–Trinajstić information content (AvgIpc) is 3.35. The first kappa shape index (κ1) is 23.1. The van der Waals surface area contributed by atoms with Gasteiger partial charge in [0.1, 0.15) is 6.04 Å². The number of benzene rings is 1. The van der Waals surface area contributed by atoms with Gasteiger partial charge in [0.2, 0.25) is 17.7 Å². The summed E-state index contributed by atoms with van der Waals surface area (Å²) in [5, 5.41) is 16.1. The highest BCUT2D eigenvalue weighted by molar-refractivity contribution is 8.02. The van der Waals surface area contributed by atoms with Gasteiger partial charge in [0.15, 0.2) is 0 Å². The summed E-state index contributed by atoms with van der Waals surface area (Å²) >= 11 is 1.65. The number of carbonyl (C=O) groups is 3. The van der Waals surface area contributed by atoms with E-state index in [9.17, 15) is 19.5 Å². The molecule has 2 bridgehead atoms. The van der Waals surface area contributed by atoms with Crippen molar-refractivity contribution in [3.8, 4) is 0 Å². The normalized spacial score (nSPS) is 34.0. The molecule has 7 nitrogen and oxygen atoms in total. The first-order valence-corrected chi connectivity index (χ1v) is 12.3. The highest BCUT2D eigenvalue weighted by Crippen LogP contribution is 2.68. The number of nitrogens with zero attached hydrogens (tertiary/aromatic N) is 1. The molecule has 3 aliphatic heterocycles. The summed E-state index contributed by atoms with van der Waals surface area (Å²) in [7, 11) is 1.60. The Bertz CT molecular complexity index is 894. The number of rotatable bonds is 7. The fourth-order valence-electron chi connectivity index (χ4n) is 6.12. The minimum atomic E-state index is -0.720. The molecule has 3 fully saturated rings. The molecule has 32 heavy (non-hydrogen) atoms. The summed E-state index contributed by atoms with van der Waals surface area (Å²) in [5.41, 5.74) is 0.991. The molecule has 4 rings (SSSR count). The van der Waals surface area contributed by atoms with E-state index in [0.29, 0.717) is 6.42 Å². The average molecular weight is 460 g/mol. The van der Waals surface area contributed by atoms with E-state index in [0.717, 1.165) is 12.0 Å². The van der Waals surface area contributed by atoms with Crippen LogP contribution in [0.15, 0.2) is 30.3 Å². The van der Waals surface area contributed by atoms with Crippen LogP contribution in [0, 0.1) is 17.8 Å². The van der Waals surface area contributed by atoms with Gasteiger partial charge in [0, 0.05) is 18.3 Å². The number of likely N-dealkylation sites (tertiary alicyclic amines) is 1. The van der Waals surface area contributed by atoms with E-state index >= 15 is 0 Å². The maximum Gasteiger partial charge on any atom is 0.244 e. The molecule has 174 valence electrons. The minimum absolute atomic E-state index is 0.0251. The van der Waals surface area contributed by atoms with Gasteiger partial charge in [-0.05, 0) is 38.2 Å². The van der Waals surface area contributed by atoms with E-state index < -0.39 is 28.7 Å². The second-order valence-electron chi connectivity index (χ2n) is 9.60. The summed E-state index contributed by atoms with van der Waals surface area (Å²) in [6, 6.07) is 8.35. The molecule has 3 amide bonds. The number of carbonyl (C=O) groups excluding carboxylic acids is 3. The van der Waals surface area contributed by atoms with E-state index in [1.165, 1.54) is 0 Å². The maximum atomic E-state index is 14.0. The molecule has 3 saturated heterocycles. The Morgan fingerprint density at radius 3 is 2.53 bits per heavy atom. The van der Waals surface area contributed by atoms with Crippen LogP contribution >= 0.6 is 11.8 Å². The number of nitrogens with one attached hydrogen (secondary N) is 2. The molecule has 0 saturated carbocycles. The summed E-state index contributed by atoms with van der Waals surface area (Å²) < 4.78 is -0.665. The first-order chi connectivity index (χ1) is 15.3. The van der Waals surface area contributed by atoms with Crippen molar-refractivity contribution >= 4 is 29.5 Å². The number of hydrogen-bond acceptors (Lipinski definition) is 5. The largest absolute Gasteiger partial charge is 0.394 e. The van der Waals surface area contributed by atoms with Crippen molar-refractivity contribution in [1.29, 1.82) is 0 Å². The van der Waals surface area contributed by atoms with Gasteiger partial charge in [-0.15, -0.1) is 11.8 Å². The van der Waals surface area contributed by atoms with Gasteiger partial charge in [0.05, 0.1) is 29.2 Å². The molecule has 1 spiro atoms. The summed E-state index contributed by atoms with van der Waals surface area (Å²) in [6.45, 7) is 5.65. The third-order valence-electron chi connectivity index (χ3n) is 7.33. The van der Waals surface area contributed by atoms with Crippen LogP contribution < -0.4 is 10.6 Å². The number of thioether (sulfide) groups is 1. The molecule has 3 N–H and O–H groups in total. The fraction of sp³-hybridized carbons (Fsp3) is 0.625.